The van der Waals surface area contributed by atoms with Gasteiger partial charge in [0.1, 0.15) is 5.82 Å². The van der Waals surface area contributed by atoms with E-state index in [0.717, 1.165) is 4.47 Å². The van der Waals surface area contributed by atoms with E-state index in [1.54, 1.807) is 6.20 Å². The predicted octanol–water partition coefficient (Wildman–Crippen LogP) is 1.74. The van der Waals surface area contributed by atoms with Crippen LogP contribution in [0.1, 0.15) is 6.42 Å². The van der Waals surface area contributed by atoms with Gasteiger partial charge in [-0.2, -0.15) is 5.10 Å². The summed E-state index contributed by atoms with van der Waals surface area (Å²) in [5.41, 5.74) is 0. The van der Waals surface area contributed by atoms with Gasteiger partial charge in [0.2, 0.25) is 5.91 Å². The molecule has 0 bridgehead atoms. The van der Waals surface area contributed by atoms with E-state index in [9.17, 15) is 4.79 Å². The number of aromatic nitrogens is 2. The first-order valence-corrected chi connectivity index (χ1v) is 4.61. The van der Waals surface area contributed by atoms with Crippen molar-refractivity contribution in [2.45, 2.75) is 6.42 Å². The van der Waals surface area contributed by atoms with Crippen LogP contribution >= 0.6 is 27.5 Å². The van der Waals surface area contributed by atoms with Gasteiger partial charge in [-0.25, -0.2) is 0 Å². The molecule has 1 aromatic rings. The van der Waals surface area contributed by atoms with E-state index in [1.165, 1.54) is 0 Å². The summed E-state index contributed by atoms with van der Waals surface area (Å²) >= 11 is 8.58. The topological polar surface area (TPSA) is 57.8 Å². The summed E-state index contributed by atoms with van der Waals surface area (Å²) in [5, 5.41) is 8.94. The molecule has 2 N–H and O–H groups in total. The first-order chi connectivity index (χ1) is 5.74. The molecule has 1 heterocycles. The Balaban J connectivity index is 2.52. The van der Waals surface area contributed by atoms with E-state index < -0.39 is 0 Å². The van der Waals surface area contributed by atoms with Crippen LogP contribution < -0.4 is 5.32 Å². The van der Waals surface area contributed by atoms with Crippen molar-refractivity contribution >= 4 is 39.3 Å². The van der Waals surface area contributed by atoms with Gasteiger partial charge in [0.05, 0.1) is 10.7 Å². The molecule has 12 heavy (non-hydrogen) atoms. The molecule has 0 radical (unpaired) electrons. The molecule has 0 unspecified atom stereocenters. The van der Waals surface area contributed by atoms with Crippen LogP contribution in [0.5, 0.6) is 0 Å². The number of rotatable bonds is 3. The Morgan fingerprint density at radius 1 is 1.83 bits per heavy atom. The molecule has 0 atom stereocenters. The Morgan fingerprint density at radius 2 is 2.58 bits per heavy atom. The summed E-state index contributed by atoms with van der Waals surface area (Å²) in [7, 11) is 0. The van der Waals surface area contributed by atoms with Gasteiger partial charge in [-0.15, -0.1) is 11.6 Å². The molecule has 0 saturated heterocycles. The number of aromatic amines is 1. The minimum Gasteiger partial charge on any atom is -0.310 e. The third-order valence-electron chi connectivity index (χ3n) is 1.18. The Morgan fingerprint density at radius 3 is 3.08 bits per heavy atom. The van der Waals surface area contributed by atoms with Gasteiger partial charge < -0.3 is 5.32 Å². The zero-order valence-electron chi connectivity index (χ0n) is 6.10. The maximum atomic E-state index is 11.0. The lowest BCUT2D eigenvalue weighted by atomic mass is 10.4. The highest BCUT2D eigenvalue weighted by Crippen LogP contribution is 2.17. The number of amides is 1. The summed E-state index contributed by atoms with van der Waals surface area (Å²) in [6.45, 7) is 0. The van der Waals surface area contributed by atoms with Crippen molar-refractivity contribution in [3.8, 4) is 0 Å². The number of carbonyl (C=O) groups excluding carboxylic acids is 1. The van der Waals surface area contributed by atoms with Crippen LogP contribution in [0.2, 0.25) is 0 Å². The quantitative estimate of drug-likeness (QED) is 0.805. The highest BCUT2D eigenvalue weighted by atomic mass is 79.9. The molecule has 0 aliphatic heterocycles. The highest BCUT2D eigenvalue weighted by molar-refractivity contribution is 9.10. The summed E-state index contributed by atoms with van der Waals surface area (Å²) in [6, 6.07) is 0. The predicted molar refractivity (Wildman–Crippen MR) is 50.3 cm³/mol. The normalized spacial score (nSPS) is 9.83. The molecule has 0 aromatic carbocycles. The van der Waals surface area contributed by atoms with E-state index in [1.807, 2.05) is 0 Å². The molecule has 0 aliphatic rings. The average molecular weight is 252 g/mol. The average Bonchev–Trinajstić information content (AvgIpc) is 2.37. The second-order valence-electron chi connectivity index (χ2n) is 2.08. The molecule has 1 aromatic heterocycles. The lowest BCUT2D eigenvalue weighted by molar-refractivity contribution is -0.115. The summed E-state index contributed by atoms with van der Waals surface area (Å²) in [5.74, 6) is 0.748. The third-order valence-corrected chi connectivity index (χ3v) is 1.97. The number of nitrogens with zero attached hydrogens (tertiary/aromatic N) is 1. The molecule has 1 amide bonds. The van der Waals surface area contributed by atoms with E-state index in [4.69, 9.17) is 11.6 Å². The van der Waals surface area contributed by atoms with Gasteiger partial charge in [0.25, 0.3) is 0 Å². The smallest absolute Gasteiger partial charge is 0.226 e. The van der Waals surface area contributed by atoms with Crippen molar-refractivity contribution in [3.63, 3.8) is 0 Å². The number of hydrogen-bond donors (Lipinski definition) is 2. The Hall–Kier alpha value is -0.550. The molecule has 0 spiro atoms. The van der Waals surface area contributed by atoms with Crippen LogP contribution in [-0.4, -0.2) is 22.0 Å². The Bertz CT molecular complexity index is 276. The zero-order chi connectivity index (χ0) is 8.97. The van der Waals surface area contributed by atoms with Crippen molar-refractivity contribution in [1.29, 1.82) is 0 Å². The lowest BCUT2D eigenvalue weighted by Gasteiger charge is -1.99. The van der Waals surface area contributed by atoms with E-state index in [0.29, 0.717) is 18.1 Å². The molecule has 4 nitrogen and oxygen atoms in total. The van der Waals surface area contributed by atoms with Gasteiger partial charge in [-0.1, -0.05) is 0 Å². The standard InChI is InChI=1S/C6H7BrClN3O/c7-4-3-9-11-6(4)10-5(12)1-2-8/h3H,1-2H2,(H2,9,10,11,12). The molecular weight excluding hydrogens is 245 g/mol. The fourth-order valence-electron chi connectivity index (χ4n) is 0.647. The van der Waals surface area contributed by atoms with Gasteiger partial charge >= 0.3 is 0 Å². The second-order valence-corrected chi connectivity index (χ2v) is 3.31. The van der Waals surface area contributed by atoms with E-state index in [2.05, 4.69) is 31.4 Å². The number of H-pyrrole nitrogens is 1. The third kappa shape index (κ3) is 2.49. The molecule has 0 fully saturated rings. The van der Waals surface area contributed by atoms with Crippen LogP contribution in [0.25, 0.3) is 0 Å². The molecule has 6 heteroatoms. The van der Waals surface area contributed by atoms with Crippen molar-refractivity contribution < 1.29 is 4.79 Å². The zero-order valence-corrected chi connectivity index (χ0v) is 8.44. The van der Waals surface area contributed by atoms with Gasteiger partial charge in [0, 0.05) is 12.3 Å². The SMILES string of the molecule is O=C(CCCl)Nc1[nH]ncc1Br. The maximum absolute atomic E-state index is 11.0. The second kappa shape index (κ2) is 4.47. The van der Waals surface area contributed by atoms with Crippen LogP contribution in [0, 0.1) is 0 Å². The fraction of sp³-hybridized carbons (Fsp3) is 0.333. The number of anilines is 1. The van der Waals surface area contributed by atoms with Crippen molar-refractivity contribution in [2.75, 3.05) is 11.2 Å². The van der Waals surface area contributed by atoms with Crippen LogP contribution in [0.4, 0.5) is 5.82 Å². The Labute approximate surface area is 82.8 Å². The molecule has 66 valence electrons. The van der Waals surface area contributed by atoms with Gasteiger partial charge in [-0.3, -0.25) is 9.89 Å². The number of alkyl halides is 1. The fourth-order valence-corrected chi connectivity index (χ4v) is 1.11. The number of carbonyl (C=O) groups is 1. The van der Waals surface area contributed by atoms with Crippen molar-refractivity contribution in [1.82, 2.24) is 10.2 Å². The molecule has 0 aliphatic carbocycles. The van der Waals surface area contributed by atoms with Crippen LogP contribution in [0.3, 0.4) is 0 Å². The number of halogens is 2. The van der Waals surface area contributed by atoms with Crippen molar-refractivity contribution in [3.05, 3.63) is 10.7 Å². The van der Waals surface area contributed by atoms with Crippen molar-refractivity contribution in [2.24, 2.45) is 0 Å². The summed E-state index contributed by atoms with van der Waals surface area (Å²) < 4.78 is 0.727. The first-order valence-electron chi connectivity index (χ1n) is 3.28. The number of hydrogen-bond acceptors (Lipinski definition) is 2. The van der Waals surface area contributed by atoms with Gasteiger partial charge in [-0.05, 0) is 15.9 Å². The maximum Gasteiger partial charge on any atom is 0.226 e. The first kappa shape index (κ1) is 9.54. The van der Waals surface area contributed by atoms with E-state index in [-0.39, 0.29) is 5.91 Å². The minimum atomic E-state index is -0.130. The molecular formula is C6H7BrClN3O. The summed E-state index contributed by atoms with van der Waals surface area (Å²) in [4.78, 5) is 11.0. The van der Waals surface area contributed by atoms with E-state index >= 15 is 0 Å². The van der Waals surface area contributed by atoms with Crippen LogP contribution in [-0.2, 0) is 4.79 Å². The van der Waals surface area contributed by atoms with Gasteiger partial charge in [0.15, 0.2) is 0 Å². The molecule has 1 rings (SSSR count). The largest absolute Gasteiger partial charge is 0.310 e. The minimum absolute atomic E-state index is 0.130. The molecule has 0 saturated carbocycles. The lowest BCUT2D eigenvalue weighted by Crippen LogP contribution is -2.12. The summed E-state index contributed by atoms with van der Waals surface area (Å²) in [6.07, 6.45) is 1.86. The van der Waals surface area contributed by atoms with Crippen LogP contribution in [0.15, 0.2) is 10.7 Å². The monoisotopic (exact) mass is 251 g/mol. The number of nitrogens with one attached hydrogen (secondary N) is 2. The highest BCUT2D eigenvalue weighted by Gasteiger charge is 2.05. The Kier molecular flexibility index (Phi) is 3.55.